The SMILES string of the molecule is CCCNC(c1ccc(OCC)c(Br)c1)C1CCCC1C. The number of hydrogen-bond acceptors (Lipinski definition) is 2. The lowest BCUT2D eigenvalue weighted by atomic mass is 9.86. The molecule has 3 atom stereocenters. The van der Waals surface area contributed by atoms with Gasteiger partial charge in [0.15, 0.2) is 0 Å². The minimum absolute atomic E-state index is 0.467. The van der Waals surface area contributed by atoms with Crippen molar-refractivity contribution in [2.75, 3.05) is 13.2 Å². The lowest BCUT2D eigenvalue weighted by molar-refractivity contribution is 0.301. The van der Waals surface area contributed by atoms with E-state index in [1.807, 2.05) is 6.92 Å². The van der Waals surface area contributed by atoms with E-state index in [0.717, 1.165) is 28.6 Å². The Labute approximate surface area is 137 Å². The summed E-state index contributed by atoms with van der Waals surface area (Å²) in [5.74, 6) is 2.50. The van der Waals surface area contributed by atoms with Gasteiger partial charge in [-0.05, 0) is 71.8 Å². The summed E-state index contributed by atoms with van der Waals surface area (Å²) in [6, 6.07) is 7.04. The number of rotatable bonds is 7. The molecule has 2 nitrogen and oxygen atoms in total. The van der Waals surface area contributed by atoms with Gasteiger partial charge >= 0.3 is 0 Å². The molecule has 1 aromatic rings. The van der Waals surface area contributed by atoms with Crippen molar-refractivity contribution >= 4 is 15.9 Å². The Morgan fingerprint density at radius 3 is 2.71 bits per heavy atom. The quantitative estimate of drug-likeness (QED) is 0.715. The molecule has 0 radical (unpaired) electrons. The van der Waals surface area contributed by atoms with Gasteiger partial charge in [-0.2, -0.15) is 0 Å². The second-order valence-corrected chi connectivity index (χ2v) is 6.98. The third-order valence-corrected chi connectivity index (χ3v) is 5.20. The smallest absolute Gasteiger partial charge is 0.133 e. The minimum Gasteiger partial charge on any atom is -0.493 e. The molecule has 0 amide bonds. The second kappa shape index (κ2) is 8.19. The normalized spacial score (nSPS) is 23.2. The van der Waals surface area contributed by atoms with Gasteiger partial charge in [0, 0.05) is 6.04 Å². The number of ether oxygens (including phenoxy) is 1. The highest BCUT2D eigenvalue weighted by atomic mass is 79.9. The van der Waals surface area contributed by atoms with E-state index in [4.69, 9.17) is 4.74 Å². The summed E-state index contributed by atoms with van der Waals surface area (Å²) < 4.78 is 6.70. The zero-order valence-electron chi connectivity index (χ0n) is 13.5. The van der Waals surface area contributed by atoms with Crippen LogP contribution in [0.1, 0.15) is 58.1 Å². The van der Waals surface area contributed by atoms with Crippen LogP contribution in [0.3, 0.4) is 0 Å². The van der Waals surface area contributed by atoms with Crippen LogP contribution in [0.5, 0.6) is 5.75 Å². The van der Waals surface area contributed by atoms with Gasteiger partial charge in [-0.15, -0.1) is 0 Å². The fraction of sp³-hybridized carbons (Fsp3) is 0.667. The fourth-order valence-corrected chi connectivity index (χ4v) is 3.98. The minimum atomic E-state index is 0.467. The molecule has 0 saturated heterocycles. The Hall–Kier alpha value is -0.540. The molecule has 0 aliphatic heterocycles. The van der Waals surface area contributed by atoms with Crippen LogP contribution in [0, 0.1) is 11.8 Å². The van der Waals surface area contributed by atoms with Crippen LogP contribution in [-0.4, -0.2) is 13.2 Å². The fourth-order valence-electron chi connectivity index (χ4n) is 3.47. The van der Waals surface area contributed by atoms with E-state index in [0.29, 0.717) is 12.6 Å². The first-order chi connectivity index (χ1) is 10.2. The monoisotopic (exact) mass is 353 g/mol. The van der Waals surface area contributed by atoms with Gasteiger partial charge in [-0.25, -0.2) is 0 Å². The Morgan fingerprint density at radius 2 is 2.14 bits per heavy atom. The van der Waals surface area contributed by atoms with E-state index in [1.165, 1.54) is 31.2 Å². The first-order valence-electron chi connectivity index (χ1n) is 8.33. The van der Waals surface area contributed by atoms with Crippen molar-refractivity contribution in [1.82, 2.24) is 5.32 Å². The zero-order chi connectivity index (χ0) is 15.2. The highest BCUT2D eigenvalue weighted by Gasteiger charge is 2.31. The van der Waals surface area contributed by atoms with Crippen LogP contribution in [0.4, 0.5) is 0 Å². The molecule has 1 aliphatic rings. The summed E-state index contributed by atoms with van der Waals surface area (Å²) in [7, 11) is 0. The van der Waals surface area contributed by atoms with E-state index < -0.39 is 0 Å². The van der Waals surface area contributed by atoms with E-state index in [1.54, 1.807) is 0 Å². The highest BCUT2D eigenvalue weighted by Crippen LogP contribution is 2.41. The van der Waals surface area contributed by atoms with Gasteiger partial charge in [0.05, 0.1) is 11.1 Å². The maximum absolute atomic E-state index is 5.63. The third-order valence-electron chi connectivity index (χ3n) is 4.59. The van der Waals surface area contributed by atoms with Crippen molar-refractivity contribution in [3.63, 3.8) is 0 Å². The summed E-state index contributed by atoms with van der Waals surface area (Å²) in [6.07, 6.45) is 5.25. The first-order valence-corrected chi connectivity index (χ1v) is 9.12. The summed E-state index contributed by atoms with van der Waals surface area (Å²) in [6.45, 7) is 8.44. The van der Waals surface area contributed by atoms with Gasteiger partial charge in [0.2, 0.25) is 0 Å². The number of nitrogens with one attached hydrogen (secondary N) is 1. The van der Waals surface area contributed by atoms with E-state index >= 15 is 0 Å². The molecule has 0 heterocycles. The molecule has 118 valence electrons. The Kier molecular flexibility index (Phi) is 6.56. The van der Waals surface area contributed by atoms with Gasteiger partial charge < -0.3 is 10.1 Å². The molecule has 1 N–H and O–H groups in total. The van der Waals surface area contributed by atoms with E-state index in [2.05, 4.69) is 53.3 Å². The molecule has 3 heteroatoms. The van der Waals surface area contributed by atoms with Crippen LogP contribution < -0.4 is 10.1 Å². The average molecular weight is 354 g/mol. The molecule has 0 spiro atoms. The first kappa shape index (κ1) is 16.8. The van der Waals surface area contributed by atoms with Crippen molar-refractivity contribution in [3.8, 4) is 5.75 Å². The van der Waals surface area contributed by atoms with Crippen molar-refractivity contribution in [2.24, 2.45) is 11.8 Å². The van der Waals surface area contributed by atoms with Crippen molar-refractivity contribution in [3.05, 3.63) is 28.2 Å². The molecule has 1 saturated carbocycles. The average Bonchev–Trinajstić information content (AvgIpc) is 2.89. The second-order valence-electron chi connectivity index (χ2n) is 6.13. The third kappa shape index (κ3) is 4.23. The van der Waals surface area contributed by atoms with Gasteiger partial charge in [-0.3, -0.25) is 0 Å². The summed E-state index contributed by atoms with van der Waals surface area (Å²) in [4.78, 5) is 0. The number of benzene rings is 1. The topological polar surface area (TPSA) is 21.3 Å². The predicted octanol–water partition coefficient (Wildman–Crippen LogP) is 5.32. The van der Waals surface area contributed by atoms with Gasteiger partial charge in [0.25, 0.3) is 0 Å². The molecule has 21 heavy (non-hydrogen) atoms. The molecule has 1 fully saturated rings. The largest absolute Gasteiger partial charge is 0.493 e. The van der Waals surface area contributed by atoms with E-state index in [-0.39, 0.29) is 0 Å². The van der Waals surface area contributed by atoms with Crippen LogP contribution in [0.15, 0.2) is 22.7 Å². The standard InChI is InChI=1S/C18H28BrNO/c1-4-11-20-18(15-8-6-7-13(15)3)14-9-10-17(21-5-2)16(19)12-14/h9-10,12-13,15,18,20H,4-8,11H2,1-3H3. The van der Waals surface area contributed by atoms with Crippen molar-refractivity contribution < 1.29 is 4.74 Å². The zero-order valence-corrected chi connectivity index (χ0v) is 15.1. The summed E-state index contributed by atoms with van der Waals surface area (Å²) in [5.41, 5.74) is 1.39. The maximum atomic E-state index is 5.63. The molecular formula is C18H28BrNO. The molecular weight excluding hydrogens is 326 g/mol. The maximum Gasteiger partial charge on any atom is 0.133 e. The Morgan fingerprint density at radius 1 is 1.33 bits per heavy atom. The Balaban J connectivity index is 2.21. The lowest BCUT2D eigenvalue weighted by Crippen LogP contribution is -2.30. The highest BCUT2D eigenvalue weighted by molar-refractivity contribution is 9.10. The molecule has 2 rings (SSSR count). The molecule has 1 aliphatic carbocycles. The summed E-state index contributed by atoms with van der Waals surface area (Å²) in [5, 5.41) is 3.78. The molecule has 0 bridgehead atoms. The number of hydrogen-bond donors (Lipinski definition) is 1. The van der Waals surface area contributed by atoms with Gasteiger partial charge in [0.1, 0.15) is 5.75 Å². The van der Waals surface area contributed by atoms with Crippen molar-refractivity contribution in [1.29, 1.82) is 0 Å². The molecule has 1 aromatic carbocycles. The lowest BCUT2D eigenvalue weighted by Gasteiger charge is -2.29. The van der Waals surface area contributed by atoms with Crippen LogP contribution in [-0.2, 0) is 0 Å². The van der Waals surface area contributed by atoms with E-state index in [9.17, 15) is 0 Å². The predicted molar refractivity (Wildman–Crippen MR) is 92.9 cm³/mol. The Bertz CT molecular complexity index is 449. The molecule has 0 aromatic heterocycles. The van der Waals surface area contributed by atoms with Gasteiger partial charge in [-0.1, -0.05) is 32.8 Å². The van der Waals surface area contributed by atoms with Crippen LogP contribution in [0.2, 0.25) is 0 Å². The van der Waals surface area contributed by atoms with Crippen LogP contribution in [0.25, 0.3) is 0 Å². The van der Waals surface area contributed by atoms with Crippen LogP contribution >= 0.6 is 15.9 Å². The van der Waals surface area contributed by atoms with Crippen molar-refractivity contribution in [2.45, 2.75) is 52.5 Å². The summed E-state index contributed by atoms with van der Waals surface area (Å²) >= 11 is 3.66. The molecule has 3 unspecified atom stereocenters. The number of halogens is 1.